The fraction of sp³-hybridized carbons (Fsp3) is 0.333. The Hall–Kier alpha value is -1.34. The van der Waals surface area contributed by atoms with Crippen LogP contribution in [0.1, 0.15) is 12.7 Å². The smallest absolute Gasteiger partial charge is 0.222 e. The molecule has 0 aliphatic carbocycles. The number of nitrogens with zero attached hydrogens (tertiary/aromatic N) is 5. The zero-order valence-corrected chi connectivity index (χ0v) is 11.0. The highest BCUT2D eigenvalue weighted by Crippen LogP contribution is 2.26. The van der Waals surface area contributed by atoms with Crippen molar-refractivity contribution in [2.75, 3.05) is 5.73 Å². The first-order valence-corrected chi connectivity index (χ1v) is 6.17. The first kappa shape index (κ1) is 12.1. The van der Waals surface area contributed by atoms with E-state index in [1.807, 2.05) is 18.4 Å². The zero-order chi connectivity index (χ0) is 12.4. The molecule has 0 aliphatic rings. The third-order valence-electron chi connectivity index (χ3n) is 2.10. The number of nitrogens with two attached hydrogens (primary N) is 1. The Morgan fingerprint density at radius 1 is 1.41 bits per heavy atom. The summed E-state index contributed by atoms with van der Waals surface area (Å²) in [5, 5.41) is 9.82. The predicted octanol–water partition coefficient (Wildman–Crippen LogP) is 1.78. The summed E-state index contributed by atoms with van der Waals surface area (Å²) in [5.41, 5.74) is 5.53. The van der Waals surface area contributed by atoms with Crippen LogP contribution in [-0.2, 0) is 6.54 Å². The minimum atomic E-state index is 0.152. The summed E-state index contributed by atoms with van der Waals surface area (Å²) in [6.45, 7) is 4.74. The fourth-order valence-corrected chi connectivity index (χ4v) is 2.57. The Morgan fingerprint density at radius 3 is 2.82 bits per heavy atom. The maximum Gasteiger partial charge on any atom is 0.222 e. The average molecular weight is 271 g/mol. The maximum absolute atomic E-state index is 5.81. The first-order valence-electron chi connectivity index (χ1n) is 4.98. The molecule has 17 heavy (non-hydrogen) atoms. The van der Waals surface area contributed by atoms with Crippen molar-refractivity contribution in [2.45, 2.75) is 30.6 Å². The molecule has 0 aromatic carbocycles. The number of nitrogen functional groups attached to an aromatic ring is 1. The predicted molar refractivity (Wildman–Crippen MR) is 66.0 cm³/mol. The van der Waals surface area contributed by atoms with Crippen molar-refractivity contribution < 1.29 is 0 Å². The van der Waals surface area contributed by atoms with Gasteiger partial charge in [-0.2, -0.15) is 0 Å². The second-order valence-electron chi connectivity index (χ2n) is 3.26. The van der Waals surface area contributed by atoms with Gasteiger partial charge in [-0.1, -0.05) is 11.6 Å². The van der Waals surface area contributed by atoms with Crippen LogP contribution in [0.4, 0.5) is 5.95 Å². The molecule has 8 heteroatoms. The molecule has 0 saturated carbocycles. The van der Waals surface area contributed by atoms with Gasteiger partial charge in [0.25, 0.3) is 0 Å². The molecule has 0 unspecified atom stereocenters. The van der Waals surface area contributed by atoms with Crippen molar-refractivity contribution in [2.24, 2.45) is 0 Å². The van der Waals surface area contributed by atoms with Crippen LogP contribution in [0.3, 0.4) is 0 Å². The molecule has 0 bridgehead atoms. The molecule has 0 atom stereocenters. The van der Waals surface area contributed by atoms with Crippen LogP contribution in [0.15, 0.2) is 16.2 Å². The van der Waals surface area contributed by atoms with Crippen LogP contribution < -0.4 is 5.73 Å². The lowest BCUT2D eigenvalue weighted by Gasteiger charge is -2.04. The van der Waals surface area contributed by atoms with Gasteiger partial charge in [-0.25, -0.2) is 9.97 Å². The molecule has 0 fully saturated rings. The third-order valence-corrected chi connectivity index (χ3v) is 3.20. The van der Waals surface area contributed by atoms with E-state index in [2.05, 4.69) is 20.2 Å². The summed E-state index contributed by atoms with van der Waals surface area (Å²) in [4.78, 5) is 7.88. The quantitative estimate of drug-likeness (QED) is 0.856. The molecule has 0 aliphatic heterocycles. The Kier molecular flexibility index (Phi) is 3.49. The van der Waals surface area contributed by atoms with Gasteiger partial charge in [0.1, 0.15) is 16.0 Å². The third kappa shape index (κ3) is 2.67. The molecule has 2 N–H and O–H groups in total. The summed E-state index contributed by atoms with van der Waals surface area (Å²) < 4.78 is 1.98. The molecule has 90 valence electrons. The van der Waals surface area contributed by atoms with Crippen molar-refractivity contribution in [1.29, 1.82) is 0 Å². The minimum Gasteiger partial charge on any atom is -0.368 e. The van der Waals surface area contributed by atoms with E-state index < -0.39 is 0 Å². The SMILES string of the molecule is CCn1c(C)nnc1Sc1cc(Cl)nc(N)n1. The van der Waals surface area contributed by atoms with Crippen LogP contribution in [0, 0.1) is 6.92 Å². The number of hydrogen-bond donors (Lipinski definition) is 1. The zero-order valence-electron chi connectivity index (χ0n) is 9.38. The van der Waals surface area contributed by atoms with Crippen molar-refractivity contribution in [1.82, 2.24) is 24.7 Å². The molecule has 0 amide bonds. The number of rotatable bonds is 3. The lowest BCUT2D eigenvalue weighted by atomic mass is 10.6. The highest BCUT2D eigenvalue weighted by molar-refractivity contribution is 7.99. The van der Waals surface area contributed by atoms with Crippen LogP contribution in [0.2, 0.25) is 5.15 Å². The van der Waals surface area contributed by atoms with E-state index in [1.165, 1.54) is 11.8 Å². The van der Waals surface area contributed by atoms with Crippen LogP contribution in [-0.4, -0.2) is 24.7 Å². The molecule has 6 nitrogen and oxygen atoms in total. The molecule has 2 rings (SSSR count). The van der Waals surface area contributed by atoms with Crippen LogP contribution in [0.5, 0.6) is 0 Å². The summed E-state index contributed by atoms with van der Waals surface area (Å²) in [6, 6.07) is 1.65. The molecule has 0 radical (unpaired) electrons. The van der Waals surface area contributed by atoms with E-state index >= 15 is 0 Å². The van der Waals surface area contributed by atoms with Crippen LogP contribution in [0.25, 0.3) is 0 Å². The molecule has 2 aromatic rings. The number of aromatic nitrogens is 5. The summed E-state index contributed by atoms with van der Waals surface area (Å²) >= 11 is 7.17. The number of halogens is 1. The van der Waals surface area contributed by atoms with Crippen molar-refractivity contribution >= 4 is 29.3 Å². The molecular weight excluding hydrogens is 260 g/mol. The van der Waals surface area contributed by atoms with E-state index in [-0.39, 0.29) is 5.95 Å². The number of hydrogen-bond acceptors (Lipinski definition) is 6. The van der Waals surface area contributed by atoms with E-state index in [0.29, 0.717) is 10.2 Å². The highest BCUT2D eigenvalue weighted by Gasteiger charge is 2.11. The Labute approximate surface area is 108 Å². The lowest BCUT2D eigenvalue weighted by molar-refractivity contribution is 0.661. The lowest BCUT2D eigenvalue weighted by Crippen LogP contribution is -2.00. The van der Waals surface area contributed by atoms with Gasteiger partial charge in [0, 0.05) is 12.6 Å². The van der Waals surface area contributed by atoms with Gasteiger partial charge >= 0.3 is 0 Å². The summed E-state index contributed by atoms with van der Waals surface area (Å²) in [7, 11) is 0. The molecule has 2 aromatic heterocycles. The second-order valence-corrected chi connectivity index (χ2v) is 4.64. The Balaban J connectivity index is 2.31. The fourth-order valence-electron chi connectivity index (χ4n) is 1.36. The Morgan fingerprint density at radius 2 is 2.18 bits per heavy atom. The van der Waals surface area contributed by atoms with Gasteiger partial charge in [0.2, 0.25) is 5.95 Å². The normalized spacial score (nSPS) is 10.8. The number of anilines is 1. The van der Waals surface area contributed by atoms with Gasteiger partial charge in [-0.15, -0.1) is 10.2 Å². The van der Waals surface area contributed by atoms with Gasteiger partial charge < -0.3 is 10.3 Å². The van der Waals surface area contributed by atoms with Gasteiger partial charge in [-0.05, 0) is 25.6 Å². The minimum absolute atomic E-state index is 0.152. The monoisotopic (exact) mass is 270 g/mol. The average Bonchev–Trinajstić information content (AvgIpc) is 2.57. The van der Waals surface area contributed by atoms with E-state index in [9.17, 15) is 0 Å². The second kappa shape index (κ2) is 4.89. The molecular formula is C9H11ClN6S. The largest absolute Gasteiger partial charge is 0.368 e. The topological polar surface area (TPSA) is 82.5 Å². The first-order chi connectivity index (χ1) is 8.10. The van der Waals surface area contributed by atoms with Crippen LogP contribution >= 0.6 is 23.4 Å². The van der Waals surface area contributed by atoms with Gasteiger partial charge in [0.15, 0.2) is 5.16 Å². The van der Waals surface area contributed by atoms with Gasteiger partial charge in [-0.3, -0.25) is 0 Å². The van der Waals surface area contributed by atoms with Crippen molar-refractivity contribution in [3.8, 4) is 0 Å². The van der Waals surface area contributed by atoms with E-state index in [0.717, 1.165) is 17.5 Å². The highest BCUT2D eigenvalue weighted by atomic mass is 35.5. The Bertz CT molecular complexity index is 520. The summed E-state index contributed by atoms with van der Waals surface area (Å²) in [6.07, 6.45) is 0. The van der Waals surface area contributed by atoms with Crippen molar-refractivity contribution in [3.05, 3.63) is 17.0 Å². The van der Waals surface area contributed by atoms with E-state index in [4.69, 9.17) is 17.3 Å². The summed E-state index contributed by atoms with van der Waals surface area (Å²) in [5.74, 6) is 1.02. The molecule has 2 heterocycles. The van der Waals surface area contributed by atoms with Crippen molar-refractivity contribution in [3.63, 3.8) is 0 Å². The standard InChI is InChI=1S/C9H11ClN6S/c1-3-16-5(2)14-15-9(16)17-7-4-6(10)12-8(11)13-7/h4H,3H2,1-2H3,(H2,11,12,13). The molecule has 0 saturated heterocycles. The van der Waals surface area contributed by atoms with Gasteiger partial charge in [0.05, 0.1) is 0 Å². The van der Waals surface area contributed by atoms with E-state index in [1.54, 1.807) is 6.07 Å². The molecule has 0 spiro atoms. The maximum atomic E-state index is 5.81. The number of aryl methyl sites for hydroxylation is 1.